The molecule has 1 aliphatic rings. The predicted molar refractivity (Wildman–Crippen MR) is 72.2 cm³/mol. The molecule has 0 spiro atoms. The summed E-state index contributed by atoms with van der Waals surface area (Å²) in [6, 6.07) is 3.86. The minimum absolute atomic E-state index is 0.0406. The smallest absolute Gasteiger partial charge is 0.254 e. The van der Waals surface area contributed by atoms with Crippen LogP contribution >= 0.6 is 0 Å². The van der Waals surface area contributed by atoms with Crippen molar-refractivity contribution < 1.29 is 23.8 Å². The molecule has 2 rings (SSSR count). The monoisotopic (exact) mass is 296 g/mol. The van der Waals surface area contributed by atoms with E-state index >= 15 is 0 Å². The number of hydrogen-bond acceptors (Lipinski definition) is 4. The van der Waals surface area contributed by atoms with Gasteiger partial charge in [0.2, 0.25) is 0 Å². The second-order valence-electron chi connectivity index (χ2n) is 5.08. The van der Waals surface area contributed by atoms with Crippen LogP contribution in [-0.4, -0.2) is 47.6 Å². The van der Waals surface area contributed by atoms with Crippen LogP contribution < -0.4 is 10.5 Å². The third kappa shape index (κ3) is 2.97. The summed E-state index contributed by atoms with van der Waals surface area (Å²) < 4.78 is 18.4. The first-order valence-corrected chi connectivity index (χ1v) is 6.52. The molecule has 3 N–H and O–H groups in total. The minimum atomic E-state index is -1.72. The maximum atomic E-state index is 13.6. The van der Waals surface area contributed by atoms with Gasteiger partial charge >= 0.3 is 0 Å². The van der Waals surface area contributed by atoms with Crippen molar-refractivity contribution in [3.63, 3.8) is 0 Å². The van der Waals surface area contributed by atoms with Crippen molar-refractivity contribution in [2.45, 2.75) is 18.4 Å². The van der Waals surface area contributed by atoms with Crippen LogP contribution in [0.2, 0.25) is 0 Å². The number of β-amino-alcohol motifs (C(OH)–C–C–N with tert-alkyl or cyclic N) is 1. The second kappa shape index (κ2) is 5.69. The molecule has 1 aromatic carbocycles. The van der Waals surface area contributed by atoms with E-state index in [4.69, 9.17) is 10.5 Å². The number of amides is 2. The van der Waals surface area contributed by atoms with Crippen molar-refractivity contribution in [1.29, 1.82) is 0 Å². The fourth-order valence-electron chi connectivity index (χ4n) is 2.39. The van der Waals surface area contributed by atoms with Crippen molar-refractivity contribution in [2.24, 2.45) is 5.73 Å². The van der Waals surface area contributed by atoms with Crippen LogP contribution in [0.5, 0.6) is 5.75 Å². The minimum Gasteiger partial charge on any atom is -0.494 e. The molecule has 1 aliphatic heterocycles. The van der Waals surface area contributed by atoms with Crippen LogP contribution in [0.3, 0.4) is 0 Å². The van der Waals surface area contributed by atoms with Crippen molar-refractivity contribution in [2.75, 3.05) is 20.2 Å². The third-order valence-corrected chi connectivity index (χ3v) is 3.62. The lowest BCUT2D eigenvalue weighted by molar-refractivity contribution is -0.140. The number of carbonyl (C=O) groups is 2. The summed E-state index contributed by atoms with van der Waals surface area (Å²) in [5.41, 5.74) is 3.56. The average molecular weight is 296 g/mol. The number of methoxy groups -OCH3 is 1. The molecule has 6 nitrogen and oxygen atoms in total. The van der Waals surface area contributed by atoms with Crippen molar-refractivity contribution >= 4 is 11.8 Å². The number of halogens is 1. The Kier molecular flexibility index (Phi) is 4.13. The predicted octanol–water partition coefficient (Wildman–Crippen LogP) is 0.287. The third-order valence-electron chi connectivity index (χ3n) is 3.62. The molecular formula is C14H17FN2O4. The van der Waals surface area contributed by atoms with Gasteiger partial charge in [-0.2, -0.15) is 0 Å². The molecule has 2 amide bonds. The fraction of sp³-hybridized carbons (Fsp3) is 0.429. The molecule has 7 heteroatoms. The summed E-state index contributed by atoms with van der Waals surface area (Å²) in [5, 5.41) is 10.1. The molecule has 21 heavy (non-hydrogen) atoms. The van der Waals surface area contributed by atoms with Gasteiger partial charge < -0.3 is 20.5 Å². The van der Waals surface area contributed by atoms with E-state index < -0.39 is 23.2 Å². The number of piperidine rings is 1. The largest absolute Gasteiger partial charge is 0.494 e. The Labute approximate surface area is 121 Å². The van der Waals surface area contributed by atoms with Crippen LogP contribution in [0.4, 0.5) is 4.39 Å². The van der Waals surface area contributed by atoms with E-state index in [0.29, 0.717) is 13.0 Å². The number of hydrogen-bond donors (Lipinski definition) is 2. The lowest BCUT2D eigenvalue weighted by atomic mass is 9.92. The van der Waals surface area contributed by atoms with E-state index in [0.717, 1.165) is 6.07 Å². The van der Waals surface area contributed by atoms with E-state index in [-0.39, 0.29) is 24.3 Å². The van der Waals surface area contributed by atoms with Gasteiger partial charge in [0.25, 0.3) is 11.8 Å². The highest BCUT2D eigenvalue weighted by Crippen LogP contribution is 2.24. The van der Waals surface area contributed by atoms with Gasteiger partial charge in [0.1, 0.15) is 0 Å². The van der Waals surface area contributed by atoms with Crippen LogP contribution in [0.15, 0.2) is 18.2 Å². The lowest BCUT2D eigenvalue weighted by Gasteiger charge is -2.37. The zero-order chi connectivity index (χ0) is 15.6. The van der Waals surface area contributed by atoms with E-state index in [1.54, 1.807) is 0 Å². The fourth-order valence-corrected chi connectivity index (χ4v) is 2.39. The first-order valence-electron chi connectivity index (χ1n) is 6.52. The van der Waals surface area contributed by atoms with Gasteiger partial charge in [-0.1, -0.05) is 0 Å². The highest BCUT2D eigenvalue weighted by atomic mass is 19.1. The molecular weight excluding hydrogens is 279 g/mol. The maximum absolute atomic E-state index is 13.6. The van der Waals surface area contributed by atoms with Gasteiger partial charge in [-0.15, -0.1) is 0 Å². The highest BCUT2D eigenvalue weighted by molar-refractivity contribution is 5.95. The Hall–Kier alpha value is -2.15. The second-order valence-corrected chi connectivity index (χ2v) is 5.08. The first-order chi connectivity index (χ1) is 9.87. The van der Waals surface area contributed by atoms with Crippen LogP contribution in [-0.2, 0) is 4.79 Å². The SMILES string of the molecule is COc1ccc(C(=O)N2CCCC(O)(C(N)=O)C2)cc1F. The van der Waals surface area contributed by atoms with Crippen molar-refractivity contribution in [3.05, 3.63) is 29.6 Å². The molecule has 114 valence electrons. The van der Waals surface area contributed by atoms with Gasteiger partial charge in [-0.05, 0) is 31.0 Å². The van der Waals surface area contributed by atoms with Gasteiger partial charge in [0.05, 0.1) is 13.7 Å². The molecule has 1 unspecified atom stereocenters. The Morgan fingerprint density at radius 1 is 1.48 bits per heavy atom. The zero-order valence-electron chi connectivity index (χ0n) is 11.6. The van der Waals surface area contributed by atoms with E-state index in [1.165, 1.54) is 24.1 Å². The van der Waals surface area contributed by atoms with Crippen LogP contribution in [0.1, 0.15) is 23.2 Å². The molecule has 1 saturated heterocycles. The number of carbonyl (C=O) groups excluding carboxylic acids is 2. The summed E-state index contributed by atoms with van der Waals surface area (Å²) in [6.07, 6.45) is 0.660. The summed E-state index contributed by atoms with van der Waals surface area (Å²) in [4.78, 5) is 24.9. The van der Waals surface area contributed by atoms with E-state index in [9.17, 15) is 19.1 Å². The molecule has 1 heterocycles. The maximum Gasteiger partial charge on any atom is 0.254 e. The lowest BCUT2D eigenvalue weighted by Crippen LogP contribution is -2.57. The van der Waals surface area contributed by atoms with E-state index in [1.807, 2.05) is 0 Å². The summed E-state index contributed by atoms with van der Waals surface area (Å²) in [5.74, 6) is -1.93. The number of ether oxygens (including phenoxy) is 1. The molecule has 0 bridgehead atoms. The Morgan fingerprint density at radius 3 is 2.76 bits per heavy atom. The zero-order valence-corrected chi connectivity index (χ0v) is 11.6. The molecule has 1 atom stereocenters. The van der Waals surface area contributed by atoms with Gasteiger partial charge in [-0.25, -0.2) is 4.39 Å². The number of nitrogens with two attached hydrogens (primary N) is 1. The van der Waals surface area contributed by atoms with Gasteiger partial charge in [0.15, 0.2) is 17.2 Å². The average Bonchev–Trinajstić information content (AvgIpc) is 2.46. The quantitative estimate of drug-likeness (QED) is 0.838. The Bertz CT molecular complexity index is 578. The van der Waals surface area contributed by atoms with Crippen LogP contribution in [0, 0.1) is 5.82 Å². The highest BCUT2D eigenvalue weighted by Gasteiger charge is 2.40. The normalized spacial score (nSPS) is 22.0. The first kappa shape index (κ1) is 15.2. The number of aliphatic hydroxyl groups is 1. The molecule has 1 aromatic rings. The van der Waals surface area contributed by atoms with Gasteiger partial charge in [-0.3, -0.25) is 9.59 Å². The molecule has 0 saturated carbocycles. The standard InChI is InChI=1S/C14H17FN2O4/c1-21-11-4-3-9(7-10(11)15)12(18)17-6-2-5-14(20,8-17)13(16)19/h3-4,7,20H,2,5-6,8H2,1H3,(H2,16,19). The summed E-state index contributed by atoms with van der Waals surface area (Å²) in [7, 11) is 1.33. The Balaban J connectivity index is 2.20. The number of rotatable bonds is 3. The summed E-state index contributed by atoms with van der Waals surface area (Å²) >= 11 is 0. The Morgan fingerprint density at radius 2 is 2.19 bits per heavy atom. The van der Waals surface area contributed by atoms with E-state index in [2.05, 4.69) is 0 Å². The molecule has 0 aliphatic carbocycles. The number of primary amides is 1. The van der Waals surface area contributed by atoms with Crippen molar-refractivity contribution in [1.82, 2.24) is 4.90 Å². The molecule has 0 aromatic heterocycles. The van der Waals surface area contributed by atoms with Crippen molar-refractivity contribution in [3.8, 4) is 5.75 Å². The topological polar surface area (TPSA) is 92.9 Å². The number of nitrogens with zero attached hydrogens (tertiary/aromatic N) is 1. The van der Waals surface area contributed by atoms with Gasteiger partial charge in [0, 0.05) is 12.1 Å². The number of likely N-dealkylation sites (tertiary alicyclic amines) is 1. The van der Waals surface area contributed by atoms with Crippen LogP contribution in [0.25, 0.3) is 0 Å². The molecule has 1 fully saturated rings. The summed E-state index contributed by atoms with van der Waals surface area (Å²) in [6.45, 7) is 0.191. The molecule has 0 radical (unpaired) electrons. The number of benzene rings is 1.